The van der Waals surface area contributed by atoms with Crippen LogP contribution in [0.3, 0.4) is 0 Å². The Morgan fingerprint density at radius 1 is 1.09 bits per heavy atom. The molecule has 12 heteroatoms. The van der Waals surface area contributed by atoms with Gasteiger partial charge in [0, 0.05) is 25.7 Å². The molecule has 0 spiro atoms. The second-order valence-corrected chi connectivity index (χ2v) is 12.1. The normalized spacial score (nSPS) is 33.5. The molecular formula is C34H43FN4O7. The number of fused-ring (bicyclic) bond motifs is 4. The quantitative estimate of drug-likeness (QED) is 0.364. The monoisotopic (exact) mass is 638 g/mol. The van der Waals surface area contributed by atoms with Crippen molar-refractivity contribution < 1.29 is 38.4 Å². The number of amides is 2. The first-order valence-corrected chi connectivity index (χ1v) is 15.2. The molecule has 0 radical (unpaired) electrons. The molecule has 2 amide bonds. The number of halogens is 1. The van der Waals surface area contributed by atoms with Gasteiger partial charge in [-0.05, 0) is 62.5 Å². The number of nitrogens with one attached hydrogen (secondary N) is 1. The van der Waals surface area contributed by atoms with E-state index < -0.39 is 54.4 Å². The number of nitrogens with two attached hydrogens (primary N) is 1. The molecule has 8 unspecified atom stereocenters. The van der Waals surface area contributed by atoms with Crippen molar-refractivity contribution in [1.29, 1.82) is 0 Å². The average molecular weight is 639 g/mol. The van der Waals surface area contributed by atoms with Crippen LogP contribution in [0.2, 0.25) is 0 Å². The number of alkyl halides is 1. The Balaban J connectivity index is 1.81. The van der Waals surface area contributed by atoms with Gasteiger partial charge in [-0.25, -0.2) is 19.2 Å². The molecule has 0 aromatic carbocycles. The number of nitrogens with zero attached hydrogens (tertiary/aromatic N) is 2. The topological polar surface area (TPSA) is 166 Å². The van der Waals surface area contributed by atoms with Crippen LogP contribution in [0.4, 0.5) is 9.18 Å². The summed E-state index contributed by atoms with van der Waals surface area (Å²) < 4.78 is 30.9. The molecule has 4 rings (SSSR count). The van der Waals surface area contributed by atoms with Gasteiger partial charge in [-0.2, -0.15) is 0 Å². The van der Waals surface area contributed by atoms with Gasteiger partial charge in [0.25, 0.3) is 5.91 Å². The van der Waals surface area contributed by atoms with Crippen LogP contribution in [-0.2, 0) is 19.0 Å². The van der Waals surface area contributed by atoms with Gasteiger partial charge in [-0.3, -0.25) is 4.79 Å². The maximum Gasteiger partial charge on any atom is 0.405 e. The van der Waals surface area contributed by atoms with Crippen LogP contribution in [0.5, 0.6) is 0 Å². The minimum Gasteiger partial charge on any atom is -0.509 e. The molecule has 2 heterocycles. The number of methoxy groups -OCH3 is 2. The van der Waals surface area contributed by atoms with Gasteiger partial charge in [-0.15, -0.1) is 0 Å². The summed E-state index contributed by atoms with van der Waals surface area (Å²) >= 11 is 0. The third kappa shape index (κ3) is 7.98. The van der Waals surface area contributed by atoms with Crippen molar-refractivity contribution in [3.8, 4) is 0 Å². The SMILES string of the molecule is COC1/C=C\C=C(\C)C(=O)NC2=C(O)C(CC(C)CC(OC)C(O)C(C)/C=C(/C)C1OC(N)=O)c1nc3c(nc1=C2)C=CC(F)C=3. The van der Waals surface area contributed by atoms with Gasteiger partial charge >= 0.3 is 6.09 Å². The number of primary amides is 1. The van der Waals surface area contributed by atoms with E-state index in [1.807, 2.05) is 13.8 Å². The minimum absolute atomic E-state index is 0.0984. The number of aliphatic hydroxyl groups excluding tert-OH is 2. The number of rotatable bonds is 3. The molecule has 8 atom stereocenters. The molecule has 46 heavy (non-hydrogen) atoms. The van der Waals surface area contributed by atoms with Crippen molar-refractivity contribution >= 4 is 30.2 Å². The van der Waals surface area contributed by atoms with E-state index in [1.165, 1.54) is 26.4 Å². The number of hydrogen-bond donors (Lipinski definition) is 4. The smallest absolute Gasteiger partial charge is 0.405 e. The Morgan fingerprint density at radius 2 is 1.83 bits per heavy atom. The molecule has 3 aliphatic rings. The minimum atomic E-state index is -1.30. The third-order valence-electron chi connectivity index (χ3n) is 8.52. The van der Waals surface area contributed by atoms with Gasteiger partial charge in [-0.1, -0.05) is 38.2 Å². The fourth-order valence-electron chi connectivity index (χ4n) is 6.01. The van der Waals surface area contributed by atoms with Crippen molar-refractivity contribution in [2.24, 2.45) is 17.6 Å². The summed E-state index contributed by atoms with van der Waals surface area (Å²) in [5.74, 6) is -1.79. The van der Waals surface area contributed by atoms with Gasteiger partial charge in [0.05, 0.1) is 45.9 Å². The van der Waals surface area contributed by atoms with Crippen LogP contribution in [0.15, 0.2) is 53.0 Å². The molecule has 1 aliphatic heterocycles. The predicted molar refractivity (Wildman–Crippen MR) is 171 cm³/mol. The molecule has 0 fully saturated rings. The summed E-state index contributed by atoms with van der Waals surface area (Å²) in [4.78, 5) is 34.5. The summed E-state index contributed by atoms with van der Waals surface area (Å²) in [5, 5.41) is 26.5. The van der Waals surface area contributed by atoms with Crippen molar-refractivity contribution in [3.05, 3.63) is 75.1 Å². The Kier molecular flexibility index (Phi) is 11.3. The predicted octanol–water partition coefficient (Wildman–Crippen LogP) is 2.76. The zero-order valence-electron chi connectivity index (χ0n) is 26.9. The van der Waals surface area contributed by atoms with Crippen molar-refractivity contribution in [3.63, 3.8) is 0 Å². The first-order chi connectivity index (χ1) is 21.8. The van der Waals surface area contributed by atoms with E-state index in [0.717, 1.165) is 0 Å². The van der Waals surface area contributed by atoms with Crippen LogP contribution in [-0.4, -0.2) is 77.0 Å². The first kappa shape index (κ1) is 34.7. The highest BCUT2D eigenvalue weighted by atomic mass is 19.1. The Bertz CT molecular complexity index is 1620. The molecule has 5 N–H and O–H groups in total. The van der Waals surface area contributed by atoms with E-state index in [4.69, 9.17) is 24.9 Å². The number of allylic oxidation sites excluding steroid dienone is 5. The molecule has 0 saturated carbocycles. The lowest BCUT2D eigenvalue weighted by Gasteiger charge is -2.31. The summed E-state index contributed by atoms with van der Waals surface area (Å²) in [6.07, 6.45) is 7.71. The summed E-state index contributed by atoms with van der Waals surface area (Å²) in [7, 11) is 2.97. The van der Waals surface area contributed by atoms with E-state index in [-0.39, 0.29) is 17.4 Å². The summed E-state index contributed by atoms with van der Waals surface area (Å²) in [6, 6.07) is 0. The number of ether oxygens (including phenoxy) is 3. The second kappa shape index (κ2) is 15.0. The van der Waals surface area contributed by atoms with E-state index in [1.54, 1.807) is 50.3 Å². The number of carbonyl (C=O) groups excluding carboxylic acids is 2. The number of hydrogen-bond acceptors (Lipinski definition) is 9. The molecule has 0 saturated heterocycles. The maximum atomic E-state index is 14.2. The number of aromatic nitrogens is 2. The highest BCUT2D eigenvalue weighted by Gasteiger charge is 2.33. The zero-order valence-corrected chi connectivity index (χ0v) is 26.9. The highest BCUT2D eigenvalue weighted by molar-refractivity contribution is 5.95. The van der Waals surface area contributed by atoms with Crippen LogP contribution >= 0.6 is 0 Å². The molecule has 1 aromatic rings. The van der Waals surface area contributed by atoms with Crippen molar-refractivity contribution in [1.82, 2.24) is 15.3 Å². The Hall–Kier alpha value is -4.13. The Morgan fingerprint density at radius 3 is 2.50 bits per heavy atom. The molecular weight excluding hydrogens is 595 g/mol. The van der Waals surface area contributed by atoms with Gasteiger partial charge in [0.15, 0.2) is 6.10 Å². The maximum absolute atomic E-state index is 14.2. The van der Waals surface area contributed by atoms with Crippen LogP contribution in [0.25, 0.3) is 18.2 Å². The van der Waals surface area contributed by atoms with E-state index >= 15 is 0 Å². The Labute approximate surface area is 267 Å². The fourth-order valence-corrected chi connectivity index (χ4v) is 6.01. The number of aliphatic hydroxyl groups is 2. The van der Waals surface area contributed by atoms with E-state index in [9.17, 15) is 24.2 Å². The molecule has 2 aliphatic carbocycles. The van der Waals surface area contributed by atoms with Crippen molar-refractivity contribution in [2.45, 2.75) is 77.0 Å². The zero-order chi connectivity index (χ0) is 33.7. The summed E-state index contributed by atoms with van der Waals surface area (Å²) in [5.41, 5.74) is 7.42. The van der Waals surface area contributed by atoms with Crippen LogP contribution in [0, 0.1) is 11.8 Å². The van der Waals surface area contributed by atoms with Crippen LogP contribution < -0.4 is 21.7 Å². The largest absolute Gasteiger partial charge is 0.509 e. The lowest BCUT2D eigenvalue weighted by Crippen LogP contribution is -2.38. The lowest BCUT2D eigenvalue weighted by atomic mass is 9.83. The highest BCUT2D eigenvalue weighted by Crippen LogP contribution is 2.33. The van der Waals surface area contributed by atoms with Crippen molar-refractivity contribution in [2.75, 3.05) is 14.2 Å². The second-order valence-electron chi connectivity index (χ2n) is 12.1. The first-order valence-electron chi connectivity index (χ1n) is 15.2. The molecule has 11 nitrogen and oxygen atoms in total. The molecule has 2 bridgehead atoms. The lowest BCUT2D eigenvalue weighted by molar-refractivity contribution is -0.116. The average Bonchev–Trinajstić information content (AvgIpc) is 3.01. The van der Waals surface area contributed by atoms with Gasteiger partial charge in [0.1, 0.15) is 18.0 Å². The van der Waals surface area contributed by atoms with E-state index in [0.29, 0.717) is 46.1 Å². The summed E-state index contributed by atoms with van der Waals surface area (Å²) in [6.45, 7) is 7.15. The van der Waals surface area contributed by atoms with Gasteiger partial charge in [0.2, 0.25) is 0 Å². The van der Waals surface area contributed by atoms with Gasteiger partial charge < -0.3 is 35.5 Å². The number of carbonyl (C=O) groups is 2. The fraction of sp³-hybridized carbons (Fsp3) is 0.471. The molecule has 1 aromatic heterocycles. The third-order valence-corrected chi connectivity index (χ3v) is 8.52. The standard InChI is InChI=1S/C34H43FN4O7/c1-17-12-22-29-25(37-23-11-10-21(35)15-24(23)38-29)16-26(31(22)41)39-33(42)18(2)8-7-9-27(44-5)32(46-34(36)43)20(4)14-19(3)30(40)28(13-17)45-6/h7-11,14-17,19,21-22,27-28,30,32,40-41H,12-13H2,1-6H3,(H2,36,43)(H,39,42)/b9-7-,18-8-,20-14-. The van der Waals surface area contributed by atoms with E-state index in [2.05, 4.69) is 10.3 Å². The van der Waals surface area contributed by atoms with Crippen LogP contribution in [0.1, 0.15) is 57.8 Å². The molecule has 248 valence electrons.